The highest BCUT2D eigenvalue weighted by Gasteiger charge is 2.00. The van der Waals surface area contributed by atoms with Crippen molar-refractivity contribution in [1.82, 2.24) is 0 Å². The first-order valence-electron chi connectivity index (χ1n) is 4.83. The second kappa shape index (κ2) is 4.37. The predicted molar refractivity (Wildman–Crippen MR) is 65.1 cm³/mol. The molecule has 0 saturated heterocycles. The third kappa shape index (κ3) is 2.51. The summed E-state index contributed by atoms with van der Waals surface area (Å²) in [4.78, 5) is 0. The molecule has 0 fully saturated rings. The minimum atomic E-state index is 0.791. The third-order valence-electron chi connectivity index (χ3n) is 2.30. The van der Waals surface area contributed by atoms with Crippen LogP contribution in [-0.4, -0.2) is 0 Å². The van der Waals surface area contributed by atoms with Crippen molar-refractivity contribution in [3.63, 3.8) is 0 Å². The highest BCUT2D eigenvalue weighted by molar-refractivity contribution is 6.31. The van der Waals surface area contributed by atoms with Gasteiger partial charge in [0.2, 0.25) is 0 Å². The Balaban J connectivity index is 2.26. The van der Waals surface area contributed by atoms with Gasteiger partial charge in [-0.05, 0) is 35.7 Å². The second-order valence-electron chi connectivity index (χ2n) is 3.51. The van der Waals surface area contributed by atoms with Crippen LogP contribution in [0.2, 0.25) is 5.02 Å². The summed E-state index contributed by atoms with van der Waals surface area (Å²) in [5, 5.41) is 0.805. The van der Waals surface area contributed by atoms with E-state index in [1.807, 2.05) is 42.5 Å². The first kappa shape index (κ1) is 10.1. The van der Waals surface area contributed by atoms with E-state index < -0.39 is 0 Å². The molecule has 2 aromatic carbocycles. The molecule has 0 radical (unpaired) electrons. The Hall–Kier alpha value is -1.47. The minimum Gasteiger partial charge on any atom is -0.399 e. The predicted octanol–water partition coefficient (Wildman–Crippen LogP) is 3.51. The largest absolute Gasteiger partial charge is 0.399 e. The van der Waals surface area contributed by atoms with Gasteiger partial charge in [-0.2, -0.15) is 0 Å². The highest BCUT2D eigenvalue weighted by atomic mass is 35.5. The van der Waals surface area contributed by atoms with Crippen LogP contribution >= 0.6 is 11.6 Å². The van der Waals surface area contributed by atoms with Crippen LogP contribution < -0.4 is 5.73 Å². The summed E-state index contributed by atoms with van der Waals surface area (Å²) in [6, 6.07) is 15.7. The van der Waals surface area contributed by atoms with E-state index in [-0.39, 0.29) is 0 Å². The molecule has 15 heavy (non-hydrogen) atoms. The lowest BCUT2D eigenvalue weighted by atomic mass is 10.0. The summed E-state index contributed by atoms with van der Waals surface area (Å²) in [6.45, 7) is 0. The first-order valence-corrected chi connectivity index (χ1v) is 5.21. The monoisotopic (exact) mass is 217 g/mol. The summed E-state index contributed by atoms with van der Waals surface area (Å²) in [6.07, 6.45) is 0.824. The van der Waals surface area contributed by atoms with Crippen molar-refractivity contribution < 1.29 is 0 Å². The molecule has 0 aromatic heterocycles. The summed E-state index contributed by atoms with van der Waals surface area (Å²) >= 11 is 6.08. The summed E-state index contributed by atoms with van der Waals surface area (Å²) in [5.74, 6) is 0. The highest BCUT2D eigenvalue weighted by Crippen LogP contribution is 2.19. The molecule has 2 rings (SSSR count). The molecule has 2 aromatic rings. The van der Waals surface area contributed by atoms with Gasteiger partial charge in [0.25, 0.3) is 0 Å². The molecule has 1 nitrogen and oxygen atoms in total. The molecule has 0 bridgehead atoms. The number of nitrogens with two attached hydrogens (primary N) is 1. The van der Waals surface area contributed by atoms with Crippen molar-refractivity contribution in [2.24, 2.45) is 0 Å². The number of rotatable bonds is 2. The van der Waals surface area contributed by atoms with Gasteiger partial charge < -0.3 is 5.73 Å². The van der Waals surface area contributed by atoms with Crippen LogP contribution in [0.5, 0.6) is 0 Å². The Labute approximate surface area is 94.5 Å². The Morgan fingerprint density at radius 3 is 2.53 bits per heavy atom. The Morgan fingerprint density at radius 2 is 1.80 bits per heavy atom. The van der Waals surface area contributed by atoms with Gasteiger partial charge in [-0.15, -0.1) is 0 Å². The second-order valence-corrected chi connectivity index (χ2v) is 3.92. The topological polar surface area (TPSA) is 26.0 Å². The summed E-state index contributed by atoms with van der Waals surface area (Å²) in [5.41, 5.74) is 8.82. The Bertz CT molecular complexity index is 466. The Kier molecular flexibility index (Phi) is 2.93. The number of halogens is 1. The fraction of sp³-hybridized carbons (Fsp3) is 0.0769. The van der Waals surface area contributed by atoms with Gasteiger partial charge in [0, 0.05) is 10.7 Å². The maximum absolute atomic E-state index is 6.08. The van der Waals surface area contributed by atoms with E-state index in [4.69, 9.17) is 17.3 Å². The molecule has 76 valence electrons. The zero-order valence-corrected chi connectivity index (χ0v) is 9.04. The lowest BCUT2D eigenvalue weighted by Gasteiger charge is -2.04. The molecule has 0 amide bonds. The molecule has 0 aliphatic rings. The lowest BCUT2D eigenvalue weighted by molar-refractivity contribution is 1.19. The molecular formula is C13H12ClN. The number of anilines is 1. The van der Waals surface area contributed by atoms with Gasteiger partial charge in [0.05, 0.1) is 0 Å². The summed E-state index contributed by atoms with van der Waals surface area (Å²) < 4.78 is 0. The molecule has 2 N–H and O–H groups in total. The quantitative estimate of drug-likeness (QED) is 0.766. The molecule has 2 heteroatoms. The van der Waals surface area contributed by atoms with Crippen molar-refractivity contribution in [2.45, 2.75) is 6.42 Å². The van der Waals surface area contributed by atoms with Gasteiger partial charge >= 0.3 is 0 Å². The Morgan fingerprint density at radius 1 is 1.00 bits per heavy atom. The number of hydrogen-bond acceptors (Lipinski definition) is 1. The van der Waals surface area contributed by atoms with Gasteiger partial charge in [0.1, 0.15) is 0 Å². The molecule has 0 unspecified atom stereocenters. The fourth-order valence-electron chi connectivity index (χ4n) is 1.56. The van der Waals surface area contributed by atoms with E-state index >= 15 is 0 Å². The van der Waals surface area contributed by atoms with Crippen LogP contribution in [0.4, 0.5) is 5.69 Å². The van der Waals surface area contributed by atoms with Crippen molar-refractivity contribution in [3.05, 3.63) is 64.7 Å². The zero-order chi connectivity index (χ0) is 10.7. The van der Waals surface area contributed by atoms with Gasteiger partial charge in [0.15, 0.2) is 0 Å². The van der Waals surface area contributed by atoms with Crippen LogP contribution in [0.3, 0.4) is 0 Å². The van der Waals surface area contributed by atoms with Gasteiger partial charge in [-0.3, -0.25) is 0 Å². The van der Waals surface area contributed by atoms with Crippen LogP contribution in [0, 0.1) is 0 Å². The SMILES string of the molecule is Nc1cccc(Cc2ccccc2Cl)c1. The average Bonchev–Trinajstić information content (AvgIpc) is 2.22. The van der Waals surface area contributed by atoms with E-state index in [0.717, 1.165) is 22.7 Å². The molecule has 0 aliphatic heterocycles. The molecule has 0 spiro atoms. The fourth-order valence-corrected chi connectivity index (χ4v) is 1.77. The van der Waals surface area contributed by atoms with Crippen LogP contribution in [0.25, 0.3) is 0 Å². The minimum absolute atomic E-state index is 0.791. The smallest absolute Gasteiger partial charge is 0.0441 e. The molecule has 0 saturated carbocycles. The standard InChI is InChI=1S/C13H12ClN/c14-13-7-2-1-5-11(13)8-10-4-3-6-12(15)9-10/h1-7,9H,8,15H2. The zero-order valence-electron chi connectivity index (χ0n) is 8.28. The van der Waals surface area contributed by atoms with Crippen LogP contribution in [-0.2, 0) is 6.42 Å². The molecular weight excluding hydrogens is 206 g/mol. The lowest BCUT2D eigenvalue weighted by Crippen LogP contribution is -1.91. The van der Waals surface area contributed by atoms with Crippen molar-refractivity contribution in [1.29, 1.82) is 0 Å². The van der Waals surface area contributed by atoms with E-state index in [1.54, 1.807) is 0 Å². The third-order valence-corrected chi connectivity index (χ3v) is 2.67. The van der Waals surface area contributed by atoms with Crippen LogP contribution in [0.1, 0.15) is 11.1 Å². The number of benzene rings is 2. The van der Waals surface area contributed by atoms with Crippen molar-refractivity contribution >= 4 is 17.3 Å². The van der Waals surface area contributed by atoms with Gasteiger partial charge in [-0.25, -0.2) is 0 Å². The first-order chi connectivity index (χ1) is 7.25. The van der Waals surface area contributed by atoms with Crippen molar-refractivity contribution in [3.8, 4) is 0 Å². The van der Waals surface area contributed by atoms with Gasteiger partial charge in [-0.1, -0.05) is 41.9 Å². The maximum atomic E-state index is 6.08. The summed E-state index contributed by atoms with van der Waals surface area (Å²) in [7, 11) is 0. The molecule has 0 heterocycles. The number of hydrogen-bond donors (Lipinski definition) is 1. The van der Waals surface area contributed by atoms with Crippen molar-refractivity contribution in [2.75, 3.05) is 5.73 Å². The average molecular weight is 218 g/mol. The number of nitrogen functional groups attached to an aromatic ring is 1. The van der Waals surface area contributed by atoms with E-state index in [2.05, 4.69) is 6.07 Å². The van der Waals surface area contributed by atoms with E-state index in [0.29, 0.717) is 0 Å². The maximum Gasteiger partial charge on any atom is 0.0441 e. The molecule has 0 aliphatic carbocycles. The van der Waals surface area contributed by atoms with E-state index in [1.165, 1.54) is 5.56 Å². The molecule has 0 atom stereocenters. The van der Waals surface area contributed by atoms with E-state index in [9.17, 15) is 0 Å². The van der Waals surface area contributed by atoms with Crippen LogP contribution in [0.15, 0.2) is 48.5 Å². The normalized spacial score (nSPS) is 10.2.